The minimum Gasteiger partial charge on any atom is -0.508 e. The summed E-state index contributed by atoms with van der Waals surface area (Å²) < 4.78 is 0. The minimum absolute atomic E-state index is 0.0155. The Morgan fingerprint density at radius 1 is 1.38 bits per heavy atom. The van der Waals surface area contributed by atoms with E-state index in [1.165, 1.54) is 5.56 Å². The smallest absolute Gasteiger partial charge is 0.117 e. The first-order valence-electron chi connectivity index (χ1n) is 5.47. The molecule has 84 valence electrons. The zero-order valence-electron chi connectivity index (χ0n) is 8.83. The Hall–Kier alpha value is -1.52. The molecule has 1 aliphatic heterocycles. The molecule has 0 bridgehead atoms. The molecule has 0 spiro atoms. The molecular weight excluding hydrogens is 204 g/mol. The second kappa shape index (κ2) is 3.50. The molecule has 4 N–H and O–H groups in total. The predicted octanol–water partition coefficient (Wildman–Crippen LogP) is 1.05. The molecule has 2 heterocycles. The van der Waals surface area contributed by atoms with Crippen LogP contribution in [0.3, 0.4) is 0 Å². The summed E-state index contributed by atoms with van der Waals surface area (Å²) in [6.45, 7) is 0.970. The van der Waals surface area contributed by atoms with Crippen molar-refractivity contribution in [2.24, 2.45) is 0 Å². The molecule has 1 unspecified atom stereocenters. The van der Waals surface area contributed by atoms with E-state index in [1.54, 1.807) is 12.1 Å². The molecule has 0 fully saturated rings. The van der Waals surface area contributed by atoms with Crippen LogP contribution in [0.25, 0.3) is 10.9 Å². The normalized spacial score (nSPS) is 19.9. The van der Waals surface area contributed by atoms with Gasteiger partial charge < -0.3 is 20.5 Å². The average molecular weight is 218 g/mol. The lowest BCUT2D eigenvalue weighted by Crippen LogP contribution is -2.31. The van der Waals surface area contributed by atoms with Crippen LogP contribution in [0.15, 0.2) is 18.2 Å². The van der Waals surface area contributed by atoms with Gasteiger partial charge in [0.2, 0.25) is 0 Å². The number of benzene rings is 1. The number of aromatic amines is 1. The highest BCUT2D eigenvalue weighted by atomic mass is 16.3. The Balaban J connectivity index is 2.24. The number of aromatic hydroxyl groups is 1. The van der Waals surface area contributed by atoms with E-state index in [4.69, 9.17) is 0 Å². The first-order valence-corrected chi connectivity index (χ1v) is 5.47. The monoisotopic (exact) mass is 218 g/mol. The first kappa shape index (κ1) is 9.69. The van der Waals surface area contributed by atoms with Crippen LogP contribution in [0.5, 0.6) is 5.75 Å². The Bertz CT molecular complexity index is 533. The summed E-state index contributed by atoms with van der Waals surface area (Å²) >= 11 is 0. The molecule has 2 aromatic rings. The molecule has 1 aromatic carbocycles. The van der Waals surface area contributed by atoms with Gasteiger partial charge in [-0.2, -0.15) is 0 Å². The van der Waals surface area contributed by atoms with Gasteiger partial charge >= 0.3 is 0 Å². The van der Waals surface area contributed by atoms with Crippen LogP contribution < -0.4 is 5.32 Å². The highest BCUT2D eigenvalue weighted by molar-refractivity contribution is 5.86. The van der Waals surface area contributed by atoms with Gasteiger partial charge in [0.1, 0.15) is 5.75 Å². The van der Waals surface area contributed by atoms with E-state index in [2.05, 4.69) is 10.3 Å². The van der Waals surface area contributed by atoms with Gasteiger partial charge in [-0.3, -0.25) is 0 Å². The van der Waals surface area contributed by atoms with E-state index >= 15 is 0 Å². The van der Waals surface area contributed by atoms with Gasteiger partial charge in [0.05, 0.1) is 12.6 Å². The van der Waals surface area contributed by atoms with Gasteiger partial charge in [0.25, 0.3) is 0 Å². The summed E-state index contributed by atoms with van der Waals surface area (Å²) in [6, 6.07) is 5.34. The lowest BCUT2D eigenvalue weighted by Gasteiger charge is -2.22. The molecule has 0 aliphatic carbocycles. The van der Waals surface area contributed by atoms with E-state index in [0.717, 1.165) is 29.6 Å². The number of hydrogen-bond acceptors (Lipinski definition) is 3. The van der Waals surface area contributed by atoms with Crippen LogP contribution in [-0.4, -0.2) is 28.3 Å². The zero-order chi connectivity index (χ0) is 11.1. The fourth-order valence-electron chi connectivity index (χ4n) is 2.46. The van der Waals surface area contributed by atoms with Crippen LogP contribution in [0, 0.1) is 0 Å². The van der Waals surface area contributed by atoms with E-state index in [0.29, 0.717) is 0 Å². The van der Waals surface area contributed by atoms with Crippen molar-refractivity contribution in [3.63, 3.8) is 0 Å². The van der Waals surface area contributed by atoms with Crippen molar-refractivity contribution in [3.8, 4) is 5.75 Å². The number of aliphatic hydroxyl groups is 1. The molecule has 3 rings (SSSR count). The second-order valence-corrected chi connectivity index (χ2v) is 4.19. The Morgan fingerprint density at radius 2 is 2.25 bits per heavy atom. The highest BCUT2D eigenvalue weighted by Gasteiger charge is 2.22. The van der Waals surface area contributed by atoms with Crippen molar-refractivity contribution in [1.29, 1.82) is 0 Å². The molecule has 0 radical (unpaired) electrons. The van der Waals surface area contributed by atoms with Crippen molar-refractivity contribution in [2.75, 3.05) is 13.2 Å². The van der Waals surface area contributed by atoms with Crippen LogP contribution in [-0.2, 0) is 6.42 Å². The Morgan fingerprint density at radius 3 is 3.06 bits per heavy atom. The summed E-state index contributed by atoms with van der Waals surface area (Å²) in [5, 5.41) is 23.1. The maximum absolute atomic E-state index is 9.43. The molecule has 1 atom stereocenters. The number of phenolic OH excluding ortho intramolecular Hbond substituents is 1. The van der Waals surface area contributed by atoms with Gasteiger partial charge in [-0.1, -0.05) is 0 Å². The molecule has 1 aliphatic rings. The maximum Gasteiger partial charge on any atom is 0.117 e. The number of nitrogens with one attached hydrogen (secondary N) is 2. The van der Waals surface area contributed by atoms with Gasteiger partial charge in [-0.05, 0) is 30.7 Å². The SMILES string of the molecule is OCC1NCCc2c1[nH]c1cc(O)ccc21. The highest BCUT2D eigenvalue weighted by Crippen LogP contribution is 2.31. The number of rotatable bonds is 1. The fourth-order valence-corrected chi connectivity index (χ4v) is 2.46. The molecule has 0 amide bonds. The van der Waals surface area contributed by atoms with Gasteiger partial charge in [0, 0.05) is 22.7 Å². The first-order chi connectivity index (χ1) is 7.79. The lowest BCUT2D eigenvalue weighted by molar-refractivity contribution is 0.238. The largest absolute Gasteiger partial charge is 0.508 e. The van der Waals surface area contributed by atoms with Crippen LogP contribution >= 0.6 is 0 Å². The minimum atomic E-state index is -0.0155. The summed E-state index contributed by atoms with van der Waals surface area (Å²) in [6.07, 6.45) is 0.955. The third-order valence-corrected chi connectivity index (χ3v) is 3.22. The van der Waals surface area contributed by atoms with Crippen molar-refractivity contribution in [1.82, 2.24) is 10.3 Å². The molecule has 0 saturated carbocycles. The number of aromatic nitrogens is 1. The van der Waals surface area contributed by atoms with Crippen LogP contribution in [0.2, 0.25) is 0 Å². The predicted molar refractivity (Wildman–Crippen MR) is 61.5 cm³/mol. The number of phenols is 1. The number of fused-ring (bicyclic) bond motifs is 3. The summed E-state index contributed by atoms with van der Waals surface area (Å²) in [5.41, 5.74) is 3.24. The topological polar surface area (TPSA) is 68.3 Å². The molecule has 4 nitrogen and oxygen atoms in total. The van der Waals surface area contributed by atoms with Gasteiger partial charge in [-0.15, -0.1) is 0 Å². The molecule has 0 saturated heterocycles. The average Bonchev–Trinajstić information content (AvgIpc) is 2.65. The van der Waals surface area contributed by atoms with Crippen LogP contribution in [0.1, 0.15) is 17.3 Å². The van der Waals surface area contributed by atoms with Crippen molar-refractivity contribution in [2.45, 2.75) is 12.5 Å². The Kier molecular flexibility index (Phi) is 2.12. The van der Waals surface area contributed by atoms with Crippen molar-refractivity contribution in [3.05, 3.63) is 29.5 Å². The summed E-state index contributed by atoms with van der Waals surface area (Å²) in [7, 11) is 0. The second-order valence-electron chi connectivity index (χ2n) is 4.19. The van der Waals surface area contributed by atoms with E-state index in [1.807, 2.05) is 6.07 Å². The number of hydrogen-bond donors (Lipinski definition) is 4. The standard InChI is InChI=1S/C12H14N2O2/c15-6-11-12-9(3-4-13-11)8-2-1-7(16)5-10(8)14-12/h1-2,5,11,13-16H,3-4,6H2. The fraction of sp³-hybridized carbons (Fsp3) is 0.333. The van der Waals surface area contributed by atoms with Crippen molar-refractivity contribution >= 4 is 10.9 Å². The van der Waals surface area contributed by atoms with E-state index in [-0.39, 0.29) is 18.4 Å². The molecule has 1 aromatic heterocycles. The molecule has 16 heavy (non-hydrogen) atoms. The molecule has 4 heteroatoms. The van der Waals surface area contributed by atoms with Crippen molar-refractivity contribution < 1.29 is 10.2 Å². The summed E-state index contributed by atoms with van der Waals surface area (Å²) in [5.74, 6) is 0.264. The zero-order valence-corrected chi connectivity index (χ0v) is 8.83. The quantitative estimate of drug-likeness (QED) is 0.578. The lowest BCUT2D eigenvalue weighted by atomic mass is 10.00. The third kappa shape index (κ3) is 1.31. The van der Waals surface area contributed by atoms with E-state index in [9.17, 15) is 10.2 Å². The van der Waals surface area contributed by atoms with Gasteiger partial charge in [-0.25, -0.2) is 0 Å². The van der Waals surface area contributed by atoms with E-state index < -0.39 is 0 Å². The number of aliphatic hydroxyl groups excluding tert-OH is 1. The number of H-pyrrole nitrogens is 1. The molecular formula is C12H14N2O2. The van der Waals surface area contributed by atoms with Crippen LogP contribution in [0.4, 0.5) is 0 Å². The maximum atomic E-state index is 9.43. The Labute approximate surface area is 92.9 Å². The summed E-state index contributed by atoms with van der Waals surface area (Å²) in [4.78, 5) is 3.28. The third-order valence-electron chi connectivity index (χ3n) is 3.22. The van der Waals surface area contributed by atoms with Gasteiger partial charge in [0.15, 0.2) is 0 Å².